The Kier molecular flexibility index (Phi) is 8.34. The molecule has 34 heavy (non-hydrogen) atoms. The van der Waals surface area contributed by atoms with Gasteiger partial charge in [0.25, 0.3) is 5.91 Å². The topological polar surface area (TPSA) is 47.6 Å². The van der Waals surface area contributed by atoms with Gasteiger partial charge in [0.2, 0.25) is 0 Å². The minimum absolute atomic E-state index is 0.200. The zero-order valence-electron chi connectivity index (χ0n) is 19.2. The number of hydrogen-bond donors (Lipinski definition) is 1. The van der Waals surface area contributed by atoms with Crippen molar-refractivity contribution >= 4 is 11.6 Å². The van der Waals surface area contributed by atoms with Gasteiger partial charge in [-0.25, -0.2) is 0 Å². The fourth-order valence-corrected chi connectivity index (χ4v) is 3.65. The van der Waals surface area contributed by atoms with Crippen molar-refractivity contribution in [2.45, 2.75) is 19.3 Å². The predicted octanol–water partition coefficient (Wildman–Crippen LogP) is 6.57. The van der Waals surface area contributed by atoms with E-state index < -0.39 is 0 Å². The number of amides is 1. The molecule has 0 aliphatic rings. The van der Waals surface area contributed by atoms with E-state index in [2.05, 4.69) is 29.6 Å². The van der Waals surface area contributed by atoms with Gasteiger partial charge in [-0.2, -0.15) is 0 Å². The van der Waals surface area contributed by atoms with E-state index in [1.807, 2.05) is 72.8 Å². The highest BCUT2D eigenvalue weighted by Crippen LogP contribution is 2.25. The first-order valence-corrected chi connectivity index (χ1v) is 11.6. The summed E-state index contributed by atoms with van der Waals surface area (Å²) in [5.41, 5.74) is 3.70. The third kappa shape index (κ3) is 6.97. The van der Waals surface area contributed by atoms with Crippen LogP contribution in [0.3, 0.4) is 0 Å². The van der Waals surface area contributed by atoms with Crippen LogP contribution in [0.15, 0.2) is 109 Å². The first-order valence-electron chi connectivity index (χ1n) is 11.6. The van der Waals surface area contributed by atoms with Crippen LogP contribution < -0.4 is 14.8 Å². The van der Waals surface area contributed by atoms with Gasteiger partial charge < -0.3 is 14.8 Å². The maximum Gasteiger partial charge on any atom is 0.255 e. The molecule has 0 saturated heterocycles. The molecule has 0 unspecified atom stereocenters. The Hall–Kier alpha value is -4.05. The lowest BCUT2D eigenvalue weighted by Crippen LogP contribution is -2.13. The second kappa shape index (κ2) is 12.3. The number of aryl methyl sites for hydroxylation is 1. The van der Waals surface area contributed by atoms with Crippen LogP contribution in [0, 0.1) is 0 Å². The van der Waals surface area contributed by atoms with E-state index >= 15 is 0 Å². The van der Waals surface area contributed by atoms with Crippen molar-refractivity contribution in [1.82, 2.24) is 0 Å². The predicted molar refractivity (Wildman–Crippen MR) is 137 cm³/mol. The summed E-state index contributed by atoms with van der Waals surface area (Å²) in [7, 11) is 0. The normalized spacial score (nSPS) is 10.5. The van der Waals surface area contributed by atoms with Gasteiger partial charge in [-0.3, -0.25) is 4.79 Å². The molecule has 4 rings (SSSR count). The smallest absolute Gasteiger partial charge is 0.255 e. The molecule has 4 aromatic rings. The minimum Gasteiger partial charge on any atom is -0.493 e. The molecule has 0 radical (unpaired) electrons. The van der Waals surface area contributed by atoms with Crippen molar-refractivity contribution < 1.29 is 14.3 Å². The SMILES string of the molecule is O=C(Nc1ccccc1OCCCc1ccccc1)c1cccc(OCCc2ccccc2)c1. The number of carbonyl (C=O) groups is 1. The van der Waals surface area contributed by atoms with E-state index in [-0.39, 0.29) is 5.91 Å². The highest BCUT2D eigenvalue weighted by atomic mass is 16.5. The number of hydrogen-bond acceptors (Lipinski definition) is 3. The monoisotopic (exact) mass is 451 g/mol. The molecule has 4 aromatic carbocycles. The van der Waals surface area contributed by atoms with E-state index in [1.54, 1.807) is 12.1 Å². The molecule has 0 bridgehead atoms. The number of rotatable bonds is 11. The number of benzene rings is 4. The second-order valence-corrected chi connectivity index (χ2v) is 8.00. The van der Waals surface area contributed by atoms with Gasteiger partial charge in [0.05, 0.1) is 18.9 Å². The molecule has 172 valence electrons. The summed E-state index contributed by atoms with van der Waals surface area (Å²) in [6.07, 6.45) is 2.66. The zero-order valence-corrected chi connectivity index (χ0v) is 19.2. The molecule has 1 amide bonds. The van der Waals surface area contributed by atoms with Crippen LogP contribution in [-0.2, 0) is 12.8 Å². The van der Waals surface area contributed by atoms with E-state index in [4.69, 9.17) is 9.47 Å². The molecule has 0 spiro atoms. The number of nitrogens with one attached hydrogen (secondary N) is 1. The largest absolute Gasteiger partial charge is 0.493 e. The van der Waals surface area contributed by atoms with Crippen LogP contribution in [0.1, 0.15) is 27.9 Å². The first kappa shape index (κ1) is 23.1. The molecule has 0 aliphatic carbocycles. The summed E-state index contributed by atoms with van der Waals surface area (Å²) in [5, 5.41) is 2.98. The standard InChI is InChI=1S/C30H29NO3/c32-30(26-16-9-17-27(23-26)33-22-20-25-13-5-2-6-14-25)31-28-18-7-8-19-29(28)34-21-10-15-24-11-3-1-4-12-24/h1-9,11-14,16-19,23H,10,15,20-22H2,(H,31,32). The van der Waals surface area contributed by atoms with Crippen LogP contribution in [0.25, 0.3) is 0 Å². The fourth-order valence-electron chi connectivity index (χ4n) is 3.65. The Morgan fingerprint density at radius 1 is 0.647 bits per heavy atom. The number of anilines is 1. The minimum atomic E-state index is -0.200. The maximum atomic E-state index is 12.9. The molecule has 1 N–H and O–H groups in total. The van der Waals surface area contributed by atoms with Gasteiger partial charge in [-0.15, -0.1) is 0 Å². The quantitative estimate of drug-likeness (QED) is 0.262. The van der Waals surface area contributed by atoms with Crippen molar-refractivity contribution in [3.63, 3.8) is 0 Å². The van der Waals surface area contributed by atoms with Crippen molar-refractivity contribution in [3.05, 3.63) is 126 Å². The van der Waals surface area contributed by atoms with Crippen LogP contribution in [-0.4, -0.2) is 19.1 Å². The third-order valence-electron chi connectivity index (χ3n) is 5.44. The summed E-state index contributed by atoms with van der Waals surface area (Å²) >= 11 is 0. The summed E-state index contributed by atoms with van der Waals surface area (Å²) in [4.78, 5) is 12.9. The van der Waals surface area contributed by atoms with Gasteiger partial charge in [0.1, 0.15) is 11.5 Å². The van der Waals surface area contributed by atoms with Gasteiger partial charge in [-0.1, -0.05) is 78.9 Å². The summed E-state index contributed by atoms with van der Waals surface area (Å²) in [6, 6.07) is 35.3. The Morgan fingerprint density at radius 2 is 1.32 bits per heavy atom. The molecule has 4 nitrogen and oxygen atoms in total. The van der Waals surface area contributed by atoms with E-state index in [0.29, 0.717) is 36.0 Å². The number of carbonyl (C=O) groups excluding carboxylic acids is 1. The van der Waals surface area contributed by atoms with Crippen molar-refractivity contribution in [3.8, 4) is 11.5 Å². The van der Waals surface area contributed by atoms with Crippen molar-refractivity contribution in [2.24, 2.45) is 0 Å². The van der Waals surface area contributed by atoms with Gasteiger partial charge in [-0.05, 0) is 54.3 Å². The molecule has 0 fully saturated rings. The van der Waals surface area contributed by atoms with Crippen molar-refractivity contribution in [2.75, 3.05) is 18.5 Å². The second-order valence-electron chi connectivity index (χ2n) is 8.00. The van der Waals surface area contributed by atoms with Gasteiger partial charge in [0.15, 0.2) is 0 Å². The Balaban J connectivity index is 1.30. The van der Waals surface area contributed by atoms with Crippen LogP contribution >= 0.6 is 0 Å². The van der Waals surface area contributed by atoms with Crippen LogP contribution in [0.2, 0.25) is 0 Å². The molecule has 0 saturated carbocycles. The summed E-state index contributed by atoms with van der Waals surface area (Å²) < 4.78 is 11.8. The molecular formula is C30H29NO3. The lowest BCUT2D eigenvalue weighted by atomic mass is 10.1. The lowest BCUT2D eigenvalue weighted by Gasteiger charge is -2.13. The molecule has 0 heterocycles. The maximum absolute atomic E-state index is 12.9. The van der Waals surface area contributed by atoms with Crippen LogP contribution in [0.5, 0.6) is 11.5 Å². The fraction of sp³-hybridized carbons (Fsp3) is 0.167. The highest BCUT2D eigenvalue weighted by Gasteiger charge is 2.11. The molecule has 4 heteroatoms. The van der Waals surface area contributed by atoms with E-state index in [0.717, 1.165) is 19.3 Å². The average Bonchev–Trinajstić information content (AvgIpc) is 2.89. The Bertz CT molecular complexity index is 1180. The van der Waals surface area contributed by atoms with Crippen molar-refractivity contribution in [1.29, 1.82) is 0 Å². The molecule has 0 aliphatic heterocycles. The molecule has 0 aromatic heterocycles. The molecular weight excluding hydrogens is 422 g/mol. The number of para-hydroxylation sites is 2. The zero-order chi connectivity index (χ0) is 23.4. The van der Waals surface area contributed by atoms with E-state index in [1.165, 1.54) is 11.1 Å². The third-order valence-corrected chi connectivity index (χ3v) is 5.44. The summed E-state index contributed by atoms with van der Waals surface area (Å²) in [5.74, 6) is 1.14. The Morgan fingerprint density at radius 3 is 2.09 bits per heavy atom. The van der Waals surface area contributed by atoms with Gasteiger partial charge in [0, 0.05) is 12.0 Å². The summed E-state index contributed by atoms with van der Waals surface area (Å²) in [6.45, 7) is 1.13. The van der Waals surface area contributed by atoms with Gasteiger partial charge >= 0.3 is 0 Å². The highest BCUT2D eigenvalue weighted by molar-refractivity contribution is 6.05. The first-order chi connectivity index (χ1) is 16.8. The Labute approximate surface area is 201 Å². The van der Waals surface area contributed by atoms with E-state index in [9.17, 15) is 4.79 Å². The average molecular weight is 452 g/mol. The molecule has 0 atom stereocenters. The van der Waals surface area contributed by atoms with Crippen LogP contribution in [0.4, 0.5) is 5.69 Å². The lowest BCUT2D eigenvalue weighted by molar-refractivity contribution is 0.102. The number of ether oxygens (including phenoxy) is 2.